The van der Waals surface area contributed by atoms with Gasteiger partial charge in [-0.2, -0.15) is 0 Å². The lowest BCUT2D eigenvalue weighted by Crippen LogP contribution is -2.36. The fraction of sp³-hybridized carbons (Fsp3) is 0.312. The molecule has 0 bridgehead atoms. The summed E-state index contributed by atoms with van der Waals surface area (Å²) in [6, 6.07) is 8.04. The van der Waals surface area contributed by atoms with Crippen molar-refractivity contribution in [3.63, 3.8) is 0 Å². The zero-order valence-corrected chi connectivity index (χ0v) is 13.2. The van der Waals surface area contributed by atoms with E-state index in [1.165, 1.54) is 23.8 Å². The average molecular weight is 315 g/mol. The van der Waals surface area contributed by atoms with Crippen molar-refractivity contribution in [1.82, 2.24) is 4.98 Å². The van der Waals surface area contributed by atoms with Crippen LogP contribution in [0.15, 0.2) is 29.6 Å². The first kappa shape index (κ1) is 14.7. The van der Waals surface area contributed by atoms with Crippen molar-refractivity contribution in [2.45, 2.75) is 26.2 Å². The summed E-state index contributed by atoms with van der Waals surface area (Å²) in [5.41, 5.74) is 2.93. The summed E-state index contributed by atoms with van der Waals surface area (Å²) in [5.74, 6) is -0.107. The van der Waals surface area contributed by atoms with Crippen molar-refractivity contribution in [1.29, 1.82) is 0 Å². The Bertz CT molecular complexity index is 711. The van der Waals surface area contributed by atoms with Crippen LogP contribution < -0.4 is 10.2 Å². The summed E-state index contributed by atoms with van der Waals surface area (Å²) in [6.07, 6.45) is 2.25. The minimum absolute atomic E-state index is 0.0480. The standard InChI is InChI=1S/C16H17N3O2S/c1-11(20)17-16-18-13(10-22-16)9-15(21)19-8-4-6-12-5-2-3-7-14(12)19/h2-3,5,7,10H,4,6,8-9H2,1H3,(H,17,18,20). The lowest BCUT2D eigenvalue weighted by atomic mass is 10.0. The molecule has 2 amide bonds. The van der Waals surface area contributed by atoms with E-state index in [4.69, 9.17) is 0 Å². The molecule has 0 spiro atoms. The highest BCUT2D eigenvalue weighted by atomic mass is 32.1. The second-order valence-electron chi connectivity index (χ2n) is 5.28. The topological polar surface area (TPSA) is 62.3 Å². The number of rotatable bonds is 3. The molecule has 1 aliphatic heterocycles. The largest absolute Gasteiger partial charge is 0.312 e. The molecule has 1 aromatic carbocycles. The van der Waals surface area contributed by atoms with Crippen LogP contribution in [0.3, 0.4) is 0 Å². The van der Waals surface area contributed by atoms with Gasteiger partial charge in [-0.25, -0.2) is 4.98 Å². The SMILES string of the molecule is CC(=O)Nc1nc(CC(=O)N2CCCc3ccccc32)cs1. The maximum atomic E-state index is 12.6. The van der Waals surface area contributed by atoms with Crippen molar-refractivity contribution >= 4 is 34.0 Å². The quantitative estimate of drug-likeness (QED) is 0.947. The number of thiazole rings is 1. The number of anilines is 2. The molecule has 22 heavy (non-hydrogen) atoms. The Labute approximate surface area is 133 Å². The number of fused-ring (bicyclic) bond motifs is 1. The number of benzene rings is 1. The first-order valence-corrected chi connectivity index (χ1v) is 8.12. The Hall–Kier alpha value is -2.21. The Kier molecular flexibility index (Phi) is 4.20. The normalized spacial score (nSPS) is 13.6. The molecule has 5 nitrogen and oxygen atoms in total. The van der Waals surface area contributed by atoms with Gasteiger partial charge >= 0.3 is 0 Å². The molecule has 114 valence electrons. The molecule has 0 atom stereocenters. The van der Waals surface area contributed by atoms with Gasteiger partial charge in [0.15, 0.2) is 5.13 Å². The van der Waals surface area contributed by atoms with Crippen molar-refractivity contribution in [3.05, 3.63) is 40.9 Å². The zero-order chi connectivity index (χ0) is 15.5. The fourth-order valence-corrected chi connectivity index (χ4v) is 3.40. The lowest BCUT2D eigenvalue weighted by Gasteiger charge is -2.29. The second kappa shape index (κ2) is 6.27. The summed E-state index contributed by atoms with van der Waals surface area (Å²) >= 11 is 1.34. The maximum Gasteiger partial charge on any atom is 0.233 e. The van der Waals surface area contributed by atoms with Crippen LogP contribution in [-0.4, -0.2) is 23.3 Å². The molecule has 2 aromatic rings. The van der Waals surface area contributed by atoms with Crippen LogP contribution in [-0.2, 0) is 22.4 Å². The highest BCUT2D eigenvalue weighted by Gasteiger charge is 2.22. The smallest absolute Gasteiger partial charge is 0.233 e. The number of aromatic nitrogens is 1. The molecule has 6 heteroatoms. The number of carbonyl (C=O) groups excluding carboxylic acids is 2. The summed E-state index contributed by atoms with van der Waals surface area (Å²) in [5, 5.41) is 4.99. The van der Waals surface area contributed by atoms with Crippen molar-refractivity contribution < 1.29 is 9.59 Å². The van der Waals surface area contributed by atoms with E-state index in [-0.39, 0.29) is 18.2 Å². The molecular formula is C16H17N3O2S. The van der Waals surface area contributed by atoms with Crippen LogP contribution in [0.4, 0.5) is 10.8 Å². The van der Waals surface area contributed by atoms with Crippen LogP contribution in [0, 0.1) is 0 Å². The second-order valence-corrected chi connectivity index (χ2v) is 6.14. The monoisotopic (exact) mass is 315 g/mol. The number of aryl methyl sites for hydroxylation is 1. The summed E-state index contributed by atoms with van der Waals surface area (Å²) in [4.78, 5) is 29.7. The highest BCUT2D eigenvalue weighted by molar-refractivity contribution is 7.13. The van der Waals surface area contributed by atoms with Crippen LogP contribution in [0.2, 0.25) is 0 Å². The Balaban J connectivity index is 1.73. The first-order chi connectivity index (χ1) is 10.6. The molecule has 2 heterocycles. The van der Waals surface area contributed by atoms with Gasteiger partial charge in [-0.1, -0.05) is 18.2 Å². The molecule has 3 rings (SSSR count). The molecule has 0 saturated heterocycles. The third-order valence-corrected chi connectivity index (χ3v) is 4.38. The maximum absolute atomic E-state index is 12.6. The van der Waals surface area contributed by atoms with Gasteiger partial charge in [-0.3, -0.25) is 9.59 Å². The molecule has 0 fully saturated rings. The lowest BCUT2D eigenvalue weighted by molar-refractivity contribution is -0.118. The van der Waals surface area contributed by atoms with Crippen LogP contribution in [0.5, 0.6) is 0 Å². The minimum Gasteiger partial charge on any atom is -0.312 e. The number of carbonyl (C=O) groups is 2. The van der Waals surface area contributed by atoms with E-state index in [0.717, 1.165) is 25.1 Å². The van der Waals surface area contributed by atoms with Crippen LogP contribution in [0.25, 0.3) is 0 Å². The third-order valence-electron chi connectivity index (χ3n) is 3.58. The first-order valence-electron chi connectivity index (χ1n) is 7.24. The fourth-order valence-electron chi connectivity index (χ4n) is 2.64. The Morgan fingerprint density at radius 1 is 1.36 bits per heavy atom. The number of hydrogen-bond donors (Lipinski definition) is 1. The number of nitrogens with one attached hydrogen (secondary N) is 1. The van der Waals surface area contributed by atoms with Crippen LogP contribution >= 0.6 is 11.3 Å². The number of hydrogen-bond acceptors (Lipinski definition) is 4. The Morgan fingerprint density at radius 3 is 3.00 bits per heavy atom. The van der Waals surface area contributed by atoms with E-state index in [0.29, 0.717) is 10.8 Å². The van der Waals surface area contributed by atoms with Gasteiger partial charge in [0.05, 0.1) is 12.1 Å². The van der Waals surface area contributed by atoms with Crippen molar-refractivity contribution in [2.24, 2.45) is 0 Å². The summed E-state index contributed by atoms with van der Waals surface area (Å²) in [7, 11) is 0. The van der Waals surface area contributed by atoms with Crippen molar-refractivity contribution in [2.75, 3.05) is 16.8 Å². The predicted molar refractivity (Wildman–Crippen MR) is 87.2 cm³/mol. The Morgan fingerprint density at radius 2 is 2.18 bits per heavy atom. The average Bonchev–Trinajstić information content (AvgIpc) is 2.92. The summed E-state index contributed by atoms with van der Waals surface area (Å²) < 4.78 is 0. The summed E-state index contributed by atoms with van der Waals surface area (Å²) in [6.45, 7) is 2.19. The zero-order valence-electron chi connectivity index (χ0n) is 12.3. The van der Waals surface area contributed by atoms with Crippen LogP contribution in [0.1, 0.15) is 24.6 Å². The molecule has 1 aliphatic rings. The van der Waals surface area contributed by atoms with Gasteiger partial charge in [0.25, 0.3) is 0 Å². The van der Waals surface area contributed by atoms with E-state index >= 15 is 0 Å². The molecule has 0 radical (unpaired) electrons. The molecule has 0 unspecified atom stereocenters. The van der Waals surface area contributed by atoms with E-state index in [9.17, 15) is 9.59 Å². The van der Waals surface area contributed by atoms with E-state index in [1.807, 2.05) is 28.5 Å². The molecule has 1 aromatic heterocycles. The van der Waals surface area contributed by atoms with Crippen molar-refractivity contribution in [3.8, 4) is 0 Å². The van der Waals surface area contributed by atoms with Gasteiger partial charge in [0.2, 0.25) is 11.8 Å². The third kappa shape index (κ3) is 3.17. The number of nitrogens with zero attached hydrogens (tertiary/aromatic N) is 2. The number of amides is 2. The van der Waals surface area contributed by atoms with E-state index in [2.05, 4.69) is 16.4 Å². The van der Waals surface area contributed by atoms with Gasteiger partial charge in [0.1, 0.15) is 0 Å². The van der Waals surface area contributed by atoms with E-state index in [1.54, 1.807) is 0 Å². The van der Waals surface area contributed by atoms with Gasteiger partial charge in [-0.05, 0) is 24.5 Å². The van der Waals surface area contributed by atoms with Gasteiger partial charge < -0.3 is 10.2 Å². The molecular weight excluding hydrogens is 298 g/mol. The van der Waals surface area contributed by atoms with E-state index < -0.39 is 0 Å². The highest BCUT2D eigenvalue weighted by Crippen LogP contribution is 2.27. The predicted octanol–water partition coefficient (Wildman–Crippen LogP) is 2.62. The van der Waals surface area contributed by atoms with Gasteiger partial charge in [0, 0.05) is 24.5 Å². The minimum atomic E-state index is -0.155. The van der Waals surface area contributed by atoms with Gasteiger partial charge in [-0.15, -0.1) is 11.3 Å². The molecule has 0 aliphatic carbocycles. The number of para-hydroxylation sites is 1. The molecule has 1 N–H and O–H groups in total. The molecule has 0 saturated carbocycles.